The molecule has 4 rings (SSSR count). The Hall–Kier alpha value is -4.48. The topological polar surface area (TPSA) is 123 Å². The van der Waals surface area contributed by atoms with Crippen molar-refractivity contribution in [1.29, 1.82) is 0 Å². The van der Waals surface area contributed by atoms with Gasteiger partial charge in [-0.25, -0.2) is 13.1 Å². The summed E-state index contributed by atoms with van der Waals surface area (Å²) >= 11 is 0. The minimum absolute atomic E-state index is 0.0325. The van der Waals surface area contributed by atoms with E-state index in [0.29, 0.717) is 35.1 Å². The predicted molar refractivity (Wildman–Crippen MR) is 159 cm³/mol. The van der Waals surface area contributed by atoms with Gasteiger partial charge in [-0.1, -0.05) is 43.7 Å². The number of aromatic nitrogens is 2. The fourth-order valence-electron chi connectivity index (χ4n) is 4.16. The van der Waals surface area contributed by atoms with Crippen molar-refractivity contribution in [1.82, 2.24) is 14.1 Å². The van der Waals surface area contributed by atoms with Crippen LogP contribution in [0.4, 0.5) is 11.5 Å². The maximum atomic E-state index is 13.5. The summed E-state index contributed by atoms with van der Waals surface area (Å²) < 4.78 is 35.1. The summed E-state index contributed by atoms with van der Waals surface area (Å²) in [6.45, 7) is 3.11. The zero-order valence-electron chi connectivity index (χ0n) is 23.2. The second kappa shape index (κ2) is 13.2. The lowest BCUT2D eigenvalue weighted by Gasteiger charge is -2.22. The van der Waals surface area contributed by atoms with E-state index in [2.05, 4.69) is 10.6 Å². The molecular weight excluding hydrogens is 542 g/mol. The van der Waals surface area contributed by atoms with E-state index in [0.717, 1.165) is 12.0 Å². The van der Waals surface area contributed by atoms with Crippen LogP contribution in [0.1, 0.15) is 26.7 Å². The van der Waals surface area contributed by atoms with Crippen LogP contribution >= 0.6 is 0 Å². The van der Waals surface area contributed by atoms with Crippen molar-refractivity contribution < 1.29 is 22.7 Å². The van der Waals surface area contributed by atoms with E-state index < -0.39 is 15.9 Å². The van der Waals surface area contributed by atoms with Crippen molar-refractivity contribution in [2.75, 3.05) is 30.8 Å². The number of nitrogens with one attached hydrogen (secondary N) is 2. The van der Waals surface area contributed by atoms with Crippen LogP contribution in [-0.4, -0.2) is 54.5 Å². The summed E-state index contributed by atoms with van der Waals surface area (Å²) in [6.07, 6.45) is 1.33. The molecule has 0 saturated heterocycles. The third kappa shape index (κ3) is 7.38. The first kappa shape index (κ1) is 29.5. The number of carbonyl (C=O) groups is 2. The Morgan fingerprint density at radius 2 is 1.63 bits per heavy atom. The highest BCUT2D eigenvalue weighted by molar-refractivity contribution is 7.89. The molecule has 0 saturated carbocycles. The molecule has 0 aliphatic heterocycles. The number of sulfonamides is 1. The molecular formula is C30H33N5O5S. The van der Waals surface area contributed by atoms with Gasteiger partial charge in [0.05, 0.1) is 29.9 Å². The average molecular weight is 576 g/mol. The number of amides is 2. The maximum absolute atomic E-state index is 13.5. The van der Waals surface area contributed by atoms with E-state index in [4.69, 9.17) is 9.84 Å². The zero-order chi connectivity index (χ0) is 29.4. The van der Waals surface area contributed by atoms with Gasteiger partial charge < -0.3 is 15.4 Å². The second-order valence-corrected chi connectivity index (χ2v) is 11.3. The number of benzene rings is 3. The first-order valence-corrected chi connectivity index (χ1v) is 14.6. The summed E-state index contributed by atoms with van der Waals surface area (Å²) in [5.74, 6) is 0.308. The highest BCUT2D eigenvalue weighted by Crippen LogP contribution is 2.26. The molecule has 0 aliphatic carbocycles. The summed E-state index contributed by atoms with van der Waals surface area (Å²) in [5.41, 5.74) is 2.69. The number of ether oxygens (including phenoxy) is 1. The molecule has 1 heterocycles. The van der Waals surface area contributed by atoms with Crippen molar-refractivity contribution in [3.63, 3.8) is 0 Å². The molecule has 0 fully saturated rings. The lowest BCUT2D eigenvalue weighted by atomic mass is 10.2. The molecule has 41 heavy (non-hydrogen) atoms. The maximum Gasteiger partial charge on any atom is 0.243 e. The number of nitrogens with zero attached hydrogens (tertiary/aromatic N) is 3. The van der Waals surface area contributed by atoms with Crippen molar-refractivity contribution in [2.24, 2.45) is 0 Å². The number of hydrogen-bond donors (Lipinski definition) is 2. The lowest BCUT2D eigenvalue weighted by Crippen LogP contribution is -2.38. The quantitative estimate of drug-likeness (QED) is 0.247. The molecule has 0 bridgehead atoms. The second-order valence-electron chi connectivity index (χ2n) is 9.34. The van der Waals surface area contributed by atoms with Crippen LogP contribution in [0.2, 0.25) is 0 Å². The molecule has 2 amide bonds. The predicted octanol–water partition coefficient (Wildman–Crippen LogP) is 4.94. The van der Waals surface area contributed by atoms with Crippen molar-refractivity contribution in [2.45, 2.75) is 31.6 Å². The highest BCUT2D eigenvalue weighted by Gasteiger charge is 2.27. The summed E-state index contributed by atoms with van der Waals surface area (Å²) in [7, 11) is -2.41. The van der Waals surface area contributed by atoms with Crippen LogP contribution in [0.25, 0.3) is 16.9 Å². The first-order valence-electron chi connectivity index (χ1n) is 13.2. The van der Waals surface area contributed by atoms with Crippen LogP contribution in [0, 0.1) is 0 Å². The van der Waals surface area contributed by atoms with Gasteiger partial charge in [-0.15, -0.1) is 0 Å². The van der Waals surface area contributed by atoms with E-state index in [-0.39, 0.29) is 23.9 Å². The van der Waals surface area contributed by atoms with E-state index in [9.17, 15) is 18.0 Å². The Morgan fingerprint density at radius 1 is 0.951 bits per heavy atom. The fourth-order valence-corrected chi connectivity index (χ4v) is 5.60. The van der Waals surface area contributed by atoms with Crippen molar-refractivity contribution in [3.8, 4) is 22.7 Å². The molecule has 10 nitrogen and oxygen atoms in total. The van der Waals surface area contributed by atoms with E-state index in [1.54, 1.807) is 30.0 Å². The monoisotopic (exact) mass is 575 g/mol. The van der Waals surface area contributed by atoms with Gasteiger partial charge in [-0.3, -0.25) is 9.59 Å². The number of unbranched alkanes of at least 4 members (excludes halogenated alkanes) is 1. The van der Waals surface area contributed by atoms with Crippen molar-refractivity contribution in [3.05, 3.63) is 84.9 Å². The number of hydrogen-bond acceptors (Lipinski definition) is 6. The molecule has 0 spiro atoms. The third-order valence-corrected chi connectivity index (χ3v) is 8.12. The Kier molecular flexibility index (Phi) is 9.53. The molecule has 2 N–H and O–H groups in total. The average Bonchev–Trinajstić information content (AvgIpc) is 3.39. The Labute approximate surface area is 240 Å². The van der Waals surface area contributed by atoms with Crippen LogP contribution in [-0.2, 0) is 19.6 Å². The molecule has 1 aromatic heterocycles. The zero-order valence-corrected chi connectivity index (χ0v) is 24.0. The highest BCUT2D eigenvalue weighted by atomic mass is 32.2. The lowest BCUT2D eigenvalue weighted by molar-refractivity contribution is -0.116. The fraction of sp³-hybridized carbons (Fsp3) is 0.233. The third-order valence-electron chi connectivity index (χ3n) is 6.26. The first-order chi connectivity index (χ1) is 19.7. The molecule has 4 aromatic rings. The Bertz CT molecular complexity index is 1580. The Morgan fingerprint density at radius 3 is 2.24 bits per heavy atom. The molecule has 3 aromatic carbocycles. The van der Waals surface area contributed by atoms with E-state index in [1.807, 2.05) is 49.4 Å². The van der Waals surface area contributed by atoms with Crippen LogP contribution < -0.4 is 15.4 Å². The van der Waals surface area contributed by atoms with Gasteiger partial charge in [0, 0.05) is 30.8 Å². The number of carbonyl (C=O) groups excluding carboxylic acids is 2. The van der Waals surface area contributed by atoms with Gasteiger partial charge in [-0.05, 0) is 55.0 Å². The molecule has 11 heteroatoms. The van der Waals surface area contributed by atoms with Gasteiger partial charge in [0.15, 0.2) is 0 Å². The number of anilines is 2. The number of rotatable bonds is 12. The summed E-state index contributed by atoms with van der Waals surface area (Å²) in [5, 5.41) is 10.2. The van der Waals surface area contributed by atoms with E-state index in [1.165, 1.54) is 35.5 Å². The smallest absolute Gasteiger partial charge is 0.243 e. The van der Waals surface area contributed by atoms with Crippen LogP contribution in [0.15, 0.2) is 89.8 Å². The van der Waals surface area contributed by atoms with Gasteiger partial charge >= 0.3 is 0 Å². The molecule has 214 valence electrons. The SMILES string of the molecule is CCCCN(CC(=O)Nc1cc(-c2ccccc2)nn1-c1ccc(OC)cc1)S(=O)(=O)c1ccc(NC(C)=O)cc1. The minimum atomic E-state index is -3.99. The molecule has 0 radical (unpaired) electrons. The van der Waals surface area contributed by atoms with Gasteiger partial charge in [-0.2, -0.15) is 9.40 Å². The molecule has 0 atom stereocenters. The van der Waals surface area contributed by atoms with Crippen LogP contribution in [0.5, 0.6) is 5.75 Å². The van der Waals surface area contributed by atoms with Crippen LogP contribution in [0.3, 0.4) is 0 Å². The number of methoxy groups -OCH3 is 1. The normalized spacial score (nSPS) is 11.3. The molecule has 0 unspecified atom stereocenters. The standard InChI is InChI=1S/C30H33N5O5S/c1-4-5-19-34(41(38,39)27-17-11-24(12-18-27)31-22(2)36)21-30(37)32-29-20-28(23-9-7-6-8-10-23)33-35(29)25-13-15-26(40-3)16-14-25/h6-18,20H,4-5,19,21H2,1-3H3,(H,31,36)(H,32,37). The van der Waals surface area contributed by atoms with E-state index >= 15 is 0 Å². The summed E-state index contributed by atoms with van der Waals surface area (Å²) in [6, 6.07) is 24.4. The van der Waals surface area contributed by atoms with Gasteiger partial charge in [0.25, 0.3) is 0 Å². The van der Waals surface area contributed by atoms with Gasteiger partial charge in [0.2, 0.25) is 21.8 Å². The largest absolute Gasteiger partial charge is 0.497 e. The van der Waals surface area contributed by atoms with Crippen molar-refractivity contribution >= 4 is 33.3 Å². The molecule has 0 aliphatic rings. The summed E-state index contributed by atoms with van der Waals surface area (Å²) in [4.78, 5) is 24.7. The minimum Gasteiger partial charge on any atom is -0.497 e. The Balaban J connectivity index is 1.61. The van der Waals surface area contributed by atoms with Gasteiger partial charge in [0.1, 0.15) is 11.6 Å².